The highest BCUT2D eigenvalue weighted by atomic mass is 14.9. The zero-order chi connectivity index (χ0) is 7.40. The van der Waals surface area contributed by atoms with E-state index >= 15 is 0 Å². The second kappa shape index (κ2) is 3.15. The van der Waals surface area contributed by atoms with Crippen LogP contribution in [0.2, 0.25) is 0 Å². The van der Waals surface area contributed by atoms with E-state index in [1.165, 1.54) is 0 Å². The van der Waals surface area contributed by atoms with Gasteiger partial charge in [0.2, 0.25) is 0 Å². The van der Waals surface area contributed by atoms with E-state index in [0.29, 0.717) is 0 Å². The van der Waals surface area contributed by atoms with E-state index in [1.807, 2.05) is 13.1 Å². The quantitative estimate of drug-likeness (QED) is 0.621. The van der Waals surface area contributed by atoms with Gasteiger partial charge in [-0.15, -0.1) is 0 Å². The number of nitrogens with zero attached hydrogens (tertiary/aromatic N) is 2. The van der Waals surface area contributed by atoms with Gasteiger partial charge in [0.25, 0.3) is 0 Å². The number of nitrogens with one attached hydrogen (secondary N) is 1. The highest BCUT2D eigenvalue weighted by Gasteiger charge is 1.99. The predicted octanol–water partition coefficient (Wildman–Crippen LogP) is 1.04. The topological polar surface area (TPSA) is 41.0 Å². The van der Waals surface area contributed by atoms with Crippen LogP contribution in [0.3, 0.4) is 0 Å². The third-order valence-electron chi connectivity index (χ3n) is 1.38. The van der Waals surface area contributed by atoms with Crippen LogP contribution in [0.25, 0.3) is 0 Å². The minimum Gasteiger partial charge on any atom is -0.348 e. The SMILES string of the molecule is C=NC(C)Cc1cnc[nH]1. The molecular formula is C7H11N3. The maximum absolute atomic E-state index is 3.89. The Kier molecular flexibility index (Phi) is 2.20. The summed E-state index contributed by atoms with van der Waals surface area (Å²) < 4.78 is 0. The molecule has 1 aromatic heterocycles. The summed E-state index contributed by atoms with van der Waals surface area (Å²) in [6.07, 6.45) is 4.37. The number of imidazole rings is 1. The van der Waals surface area contributed by atoms with Gasteiger partial charge in [0.05, 0.1) is 12.4 Å². The molecule has 1 aromatic rings. The van der Waals surface area contributed by atoms with Gasteiger partial charge in [0, 0.05) is 18.3 Å². The highest BCUT2D eigenvalue weighted by Crippen LogP contribution is 1.99. The summed E-state index contributed by atoms with van der Waals surface area (Å²) in [5, 5.41) is 0. The van der Waals surface area contributed by atoms with E-state index in [0.717, 1.165) is 12.1 Å². The smallest absolute Gasteiger partial charge is 0.0921 e. The van der Waals surface area contributed by atoms with Crippen molar-refractivity contribution in [1.82, 2.24) is 9.97 Å². The molecule has 3 nitrogen and oxygen atoms in total. The van der Waals surface area contributed by atoms with Crippen LogP contribution in [0, 0.1) is 0 Å². The molecule has 0 saturated carbocycles. The van der Waals surface area contributed by atoms with Gasteiger partial charge in [-0.05, 0) is 13.6 Å². The van der Waals surface area contributed by atoms with Gasteiger partial charge < -0.3 is 4.98 Å². The largest absolute Gasteiger partial charge is 0.348 e. The van der Waals surface area contributed by atoms with Crippen LogP contribution in [0.4, 0.5) is 0 Å². The molecule has 1 heterocycles. The molecule has 10 heavy (non-hydrogen) atoms. The van der Waals surface area contributed by atoms with Crippen LogP contribution < -0.4 is 0 Å². The molecule has 1 unspecified atom stereocenters. The van der Waals surface area contributed by atoms with Crippen LogP contribution in [-0.2, 0) is 6.42 Å². The molecule has 3 heteroatoms. The Morgan fingerprint density at radius 1 is 1.90 bits per heavy atom. The zero-order valence-corrected chi connectivity index (χ0v) is 6.04. The van der Waals surface area contributed by atoms with Crippen molar-refractivity contribution in [3.05, 3.63) is 18.2 Å². The molecule has 0 radical (unpaired) electrons. The standard InChI is InChI=1S/C7H11N3/c1-6(8-2)3-7-4-9-5-10-7/h4-6H,2-3H2,1H3,(H,9,10). The number of aromatic amines is 1. The van der Waals surface area contributed by atoms with Gasteiger partial charge in [-0.2, -0.15) is 0 Å². The molecule has 1 N–H and O–H groups in total. The summed E-state index contributed by atoms with van der Waals surface area (Å²) in [5.74, 6) is 0. The Labute approximate surface area is 60.2 Å². The lowest BCUT2D eigenvalue weighted by atomic mass is 10.2. The predicted molar refractivity (Wildman–Crippen MR) is 41.3 cm³/mol. The van der Waals surface area contributed by atoms with E-state index < -0.39 is 0 Å². The molecule has 0 aliphatic carbocycles. The van der Waals surface area contributed by atoms with Crippen LogP contribution >= 0.6 is 0 Å². The first-order chi connectivity index (χ1) is 4.83. The molecule has 0 amide bonds. The van der Waals surface area contributed by atoms with Crippen molar-refractivity contribution >= 4 is 6.72 Å². The summed E-state index contributed by atoms with van der Waals surface area (Å²) >= 11 is 0. The van der Waals surface area contributed by atoms with Gasteiger partial charge in [-0.1, -0.05) is 0 Å². The lowest BCUT2D eigenvalue weighted by Crippen LogP contribution is -2.01. The molecule has 1 atom stereocenters. The van der Waals surface area contributed by atoms with Crippen LogP contribution in [0.15, 0.2) is 17.5 Å². The summed E-state index contributed by atoms with van der Waals surface area (Å²) in [5.41, 5.74) is 1.11. The summed E-state index contributed by atoms with van der Waals surface area (Å²) in [6, 6.07) is 0.278. The monoisotopic (exact) mass is 137 g/mol. The van der Waals surface area contributed by atoms with E-state index in [-0.39, 0.29) is 6.04 Å². The Hall–Kier alpha value is -1.12. The van der Waals surface area contributed by atoms with Crippen LogP contribution in [0.5, 0.6) is 0 Å². The van der Waals surface area contributed by atoms with Crippen molar-refractivity contribution in [2.24, 2.45) is 4.99 Å². The number of aromatic nitrogens is 2. The van der Waals surface area contributed by atoms with Crippen molar-refractivity contribution in [2.45, 2.75) is 19.4 Å². The molecule has 0 aliphatic heterocycles. The fourth-order valence-electron chi connectivity index (χ4n) is 0.779. The van der Waals surface area contributed by atoms with Gasteiger partial charge in [0.15, 0.2) is 0 Å². The van der Waals surface area contributed by atoms with Crippen molar-refractivity contribution in [2.75, 3.05) is 0 Å². The van der Waals surface area contributed by atoms with E-state index in [2.05, 4.69) is 21.7 Å². The Morgan fingerprint density at radius 3 is 3.20 bits per heavy atom. The third-order valence-corrected chi connectivity index (χ3v) is 1.38. The van der Waals surface area contributed by atoms with E-state index in [4.69, 9.17) is 0 Å². The summed E-state index contributed by atoms with van der Waals surface area (Å²) in [7, 11) is 0. The Bertz CT molecular complexity index is 191. The number of hydrogen-bond acceptors (Lipinski definition) is 2. The Balaban J connectivity index is 2.47. The number of H-pyrrole nitrogens is 1. The molecule has 0 aromatic carbocycles. The molecule has 0 aliphatic rings. The molecule has 0 spiro atoms. The lowest BCUT2D eigenvalue weighted by molar-refractivity contribution is 0.733. The molecule has 1 rings (SSSR count). The van der Waals surface area contributed by atoms with Crippen LogP contribution in [0.1, 0.15) is 12.6 Å². The van der Waals surface area contributed by atoms with Crippen molar-refractivity contribution < 1.29 is 0 Å². The lowest BCUT2D eigenvalue weighted by Gasteiger charge is -2.00. The highest BCUT2D eigenvalue weighted by molar-refractivity contribution is 5.24. The maximum atomic E-state index is 3.89. The van der Waals surface area contributed by atoms with Gasteiger partial charge in [-0.3, -0.25) is 4.99 Å². The average molecular weight is 137 g/mol. The Morgan fingerprint density at radius 2 is 2.70 bits per heavy atom. The number of hydrogen-bond donors (Lipinski definition) is 1. The first-order valence-corrected chi connectivity index (χ1v) is 3.26. The summed E-state index contributed by atoms with van der Waals surface area (Å²) in [6.45, 7) is 5.48. The second-order valence-corrected chi connectivity index (χ2v) is 2.31. The van der Waals surface area contributed by atoms with E-state index in [9.17, 15) is 0 Å². The van der Waals surface area contributed by atoms with Crippen molar-refractivity contribution in [3.8, 4) is 0 Å². The molecule has 54 valence electrons. The fourth-order valence-corrected chi connectivity index (χ4v) is 0.779. The molecule has 0 bridgehead atoms. The number of aliphatic imine (C=N–C) groups is 1. The average Bonchev–Trinajstić information content (AvgIpc) is 2.40. The normalized spacial score (nSPS) is 12.9. The van der Waals surface area contributed by atoms with Crippen molar-refractivity contribution in [1.29, 1.82) is 0 Å². The molecule has 0 fully saturated rings. The summed E-state index contributed by atoms with van der Waals surface area (Å²) in [4.78, 5) is 10.8. The fraction of sp³-hybridized carbons (Fsp3) is 0.429. The van der Waals surface area contributed by atoms with E-state index in [1.54, 1.807) is 6.33 Å². The first-order valence-electron chi connectivity index (χ1n) is 3.26. The minimum absolute atomic E-state index is 0.278. The first kappa shape index (κ1) is 6.99. The molecule has 0 saturated heterocycles. The van der Waals surface area contributed by atoms with Gasteiger partial charge in [-0.25, -0.2) is 4.98 Å². The maximum Gasteiger partial charge on any atom is 0.0921 e. The zero-order valence-electron chi connectivity index (χ0n) is 6.04. The molecular weight excluding hydrogens is 126 g/mol. The number of rotatable bonds is 3. The van der Waals surface area contributed by atoms with Crippen molar-refractivity contribution in [3.63, 3.8) is 0 Å². The van der Waals surface area contributed by atoms with Gasteiger partial charge >= 0.3 is 0 Å². The second-order valence-electron chi connectivity index (χ2n) is 2.31. The third kappa shape index (κ3) is 1.69. The minimum atomic E-state index is 0.278. The van der Waals surface area contributed by atoms with Gasteiger partial charge in [0.1, 0.15) is 0 Å². The van der Waals surface area contributed by atoms with Crippen LogP contribution in [-0.4, -0.2) is 22.7 Å².